The Bertz CT molecular complexity index is 107. The maximum absolute atomic E-state index is 2.46. The molecule has 0 bridgehead atoms. The summed E-state index contributed by atoms with van der Waals surface area (Å²) in [4.78, 5) is 0. The molecule has 1 saturated carbocycles. The predicted molar refractivity (Wildman–Crippen MR) is 46.0 cm³/mol. The first-order chi connectivity index (χ1) is 4.69. The molecule has 1 aliphatic rings. The lowest BCUT2D eigenvalue weighted by molar-refractivity contribution is 0.125. The van der Waals surface area contributed by atoms with Crippen LogP contribution in [-0.2, 0) is 0 Å². The predicted octanol–water partition coefficient (Wildman–Crippen LogP) is 3.61. The summed E-state index contributed by atoms with van der Waals surface area (Å²) in [5.74, 6) is 0.964. The van der Waals surface area contributed by atoms with E-state index in [1.165, 1.54) is 32.1 Å². The zero-order valence-corrected chi connectivity index (χ0v) is 7.61. The fraction of sp³-hybridized carbons (Fsp3) is 1.00. The second-order valence-electron chi connectivity index (χ2n) is 4.15. The van der Waals surface area contributed by atoms with E-state index in [4.69, 9.17) is 0 Å². The summed E-state index contributed by atoms with van der Waals surface area (Å²) >= 11 is 0. The molecule has 10 heavy (non-hydrogen) atoms. The molecule has 0 N–H and O–H groups in total. The third-order valence-electron chi connectivity index (χ3n) is 3.63. The van der Waals surface area contributed by atoms with Crippen molar-refractivity contribution in [2.45, 2.75) is 52.9 Å². The van der Waals surface area contributed by atoms with Crippen molar-refractivity contribution in [3.63, 3.8) is 0 Å². The highest BCUT2D eigenvalue weighted by Gasteiger charge is 2.31. The van der Waals surface area contributed by atoms with Crippen LogP contribution in [0.3, 0.4) is 0 Å². The lowest BCUT2D eigenvalue weighted by Crippen LogP contribution is -2.27. The summed E-state index contributed by atoms with van der Waals surface area (Å²) in [5.41, 5.74) is 0.679. The van der Waals surface area contributed by atoms with E-state index in [2.05, 4.69) is 20.8 Å². The highest BCUT2D eigenvalue weighted by Crippen LogP contribution is 2.42. The quantitative estimate of drug-likeness (QED) is 0.522. The molecule has 0 amide bonds. The molecule has 0 aromatic rings. The smallest absolute Gasteiger partial charge is 0.0303 e. The molecule has 60 valence electrons. The molecule has 1 unspecified atom stereocenters. The maximum Gasteiger partial charge on any atom is -0.0303 e. The van der Waals surface area contributed by atoms with Crippen molar-refractivity contribution in [2.75, 3.05) is 0 Å². The fourth-order valence-electron chi connectivity index (χ4n) is 2.10. The maximum atomic E-state index is 2.46. The van der Waals surface area contributed by atoms with Gasteiger partial charge in [0.25, 0.3) is 0 Å². The summed E-state index contributed by atoms with van der Waals surface area (Å²) in [6.07, 6.45) is 7.23. The standard InChI is InChI=1S/C10H20/c1-4-10(3)8-6-5-7-9(10)2/h9H,4-8H2,1-3H3/t9-,10?/m1/s1. The van der Waals surface area contributed by atoms with E-state index >= 15 is 0 Å². The molecule has 0 heteroatoms. The molecule has 0 nitrogen and oxygen atoms in total. The summed E-state index contributed by atoms with van der Waals surface area (Å²) in [6.45, 7) is 7.21. The van der Waals surface area contributed by atoms with Crippen LogP contribution in [0.25, 0.3) is 0 Å². The minimum atomic E-state index is 0.679. The Kier molecular flexibility index (Phi) is 2.38. The van der Waals surface area contributed by atoms with Crippen LogP contribution in [0.1, 0.15) is 52.9 Å². The topological polar surface area (TPSA) is 0 Å². The van der Waals surface area contributed by atoms with Crippen molar-refractivity contribution < 1.29 is 0 Å². The molecule has 1 fully saturated rings. The molecule has 0 saturated heterocycles. The Balaban J connectivity index is 2.54. The van der Waals surface area contributed by atoms with Gasteiger partial charge in [-0.05, 0) is 17.8 Å². The van der Waals surface area contributed by atoms with Gasteiger partial charge in [-0.3, -0.25) is 0 Å². The molecule has 0 heterocycles. The van der Waals surface area contributed by atoms with Crippen molar-refractivity contribution in [1.82, 2.24) is 0 Å². The Morgan fingerprint density at radius 1 is 1.40 bits per heavy atom. The normalized spacial score (nSPS) is 41.7. The van der Waals surface area contributed by atoms with E-state index in [-0.39, 0.29) is 0 Å². The molecule has 1 aliphatic carbocycles. The third-order valence-corrected chi connectivity index (χ3v) is 3.63. The van der Waals surface area contributed by atoms with Gasteiger partial charge >= 0.3 is 0 Å². The zero-order chi connectivity index (χ0) is 7.61. The monoisotopic (exact) mass is 140 g/mol. The summed E-state index contributed by atoms with van der Waals surface area (Å²) in [6, 6.07) is 0. The van der Waals surface area contributed by atoms with Gasteiger partial charge in [0, 0.05) is 0 Å². The largest absolute Gasteiger partial charge is 0.0649 e. The van der Waals surface area contributed by atoms with Crippen LogP contribution < -0.4 is 0 Å². The lowest BCUT2D eigenvalue weighted by atomic mass is 9.67. The van der Waals surface area contributed by atoms with Gasteiger partial charge in [0.2, 0.25) is 0 Å². The molecular formula is C10H20. The van der Waals surface area contributed by atoms with Gasteiger partial charge < -0.3 is 0 Å². The Hall–Kier alpha value is 0. The van der Waals surface area contributed by atoms with E-state index in [0.29, 0.717) is 5.41 Å². The van der Waals surface area contributed by atoms with Gasteiger partial charge in [0.05, 0.1) is 0 Å². The molecule has 0 aromatic heterocycles. The van der Waals surface area contributed by atoms with E-state index in [1.807, 2.05) is 0 Å². The van der Waals surface area contributed by atoms with Crippen LogP contribution >= 0.6 is 0 Å². The van der Waals surface area contributed by atoms with E-state index < -0.39 is 0 Å². The van der Waals surface area contributed by atoms with Crippen LogP contribution in [0, 0.1) is 11.3 Å². The second kappa shape index (κ2) is 2.94. The average Bonchev–Trinajstić information content (AvgIpc) is 1.96. The number of hydrogen-bond acceptors (Lipinski definition) is 0. The molecule has 2 atom stereocenters. The SMILES string of the molecule is CCC1(C)CCCC[C@H]1C. The Morgan fingerprint density at radius 3 is 2.50 bits per heavy atom. The van der Waals surface area contributed by atoms with Gasteiger partial charge in [-0.15, -0.1) is 0 Å². The average molecular weight is 140 g/mol. The summed E-state index contributed by atoms with van der Waals surface area (Å²) in [5, 5.41) is 0. The lowest BCUT2D eigenvalue weighted by Gasteiger charge is -2.39. The molecule has 1 rings (SSSR count). The van der Waals surface area contributed by atoms with Gasteiger partial charge in [0.1, 0.15) is 0 Å². The van der Waals surface area contributed by atoms with E-state index in [1.54, 1.807) is 0 Å². The van der Waals surface area contributed by atoms with Crippen molar-refractivity contribution >= 4 is 0 Å². The second-order valence-corrected chi connectivity index (χ2v) is 4.15. The van der Waals surface area contributed by atoms with Gasteiger partial charge in [0.15, 0.2) is 0 Å². The van der Waals surface area contributed by atoms with Crippen molar-refractivity contribution in [3.8, 4) is 0 Å². The minimum Gasteiger partial charge on any atom is -0.0649 e. The van der Waals surface area contributed by atoms with Crippen LogP contribution in [0.2, 0.25) is 0 Å². The van der Waals surface area contributed by atoms with Gasteiger partial charge in [-0.2, -0.15) is 0 Å². The van der Waals surface area contributed by atoms with Crippen LogP contribution in [0.5, 0.6) is 0 Å². The van der Waals surface area contributed by atoms with Crippen molar-refractivity contribution in [1.29, 1.82) is 0 Å². The van der Waals surface area contributed by atoms with Crippen LogP contribution in [0.15, 0.2) is 0 Å². The molecule has 0 aliphatic heterocycles. The number of hydrogen-bond donors (Lipinski definition) is 0. The van der Waals surface area contributed by atoms with E-state index in [9.17, 15) is 0 Å². The van der Waals surface area contributed by atoms with Crippen LogP contribution in [-0.4, -0.2) is 0 Å². The number of rotatable bonds is 1. The van der Waals surface area contributed by atoms with Gasteiger partial charge in [-0.25, -0.2) is 0 Å². The Labute approximate surface area is 65.0 Å². The molecule has 0 spiro atoms. The summed E-state index contributed by atoms with van der Waals surface area (Å²) < 4.78 is 0. The molecular weight excluding hydrogens is 120 g/mol. The first-order valence-electron chi connectivity index (χ1n) is 4.69. The van der Waals surface area contributed by atoms with E-state index in [0.717, 1.165) is 5.92 Å². The molecule has 0 radical (unpaired) electrons. The fourth-order valence-corrected chi connectivity index (χ4v) is 2.10. The first-order valence-corrected chi connectivity index (χ1v) is 4.69. The zero-order valence-electron chi connectivity index (χ0n) is 7.61. The minimum absolute atomic E-state index is 0.679. The Morgan fingerprint density at radius 2 is 2.10 bits per heavy atom. The van der Waals surface area contributed by atoms with Crippen LogP contribution in [0.4, 0.5) is 0 Å². The van der Waals surface area contributed by atoms with Crippen molar-refractivity contribution in [3.05, 3.63) is 0 Å². The summed E-state index contributed by atoms with van der Waals surface area (Å²) in [7, 11) is 0. The highest BCUT2D eigenvalue weighted by atomic mass is 14.4. The van der Waals surface area contributed by atoms with Crippen molar-refractivity contribution in [2.24, 2.45) is 11.3 Å². The third kappa shape index (κ3) is 1.36. The highest BCUT2D eigenvalue weighted by molar-refractivity contribution is 4.82. The molecule has 0 aromatic carbocycles. The first kappa shape index (κ1) is 8.10. The van der Waals surface area contributed by atoms with Gasteiger partial charge in [-0.1, -0.05) is 46.5 Å².